The molecule has 72 valence electrons. The highest BCUT2D eigenvalue weighted by Crippen LogP contribution is 2.10. The van der Waals surface area contributed by atoms with Gasteiger partial charge in [-0.25, -0.2) is 4.98 Å². The SMILES string of the molecule is Cc1ncc(C(O)CO)nc1CO. The molecule has 1 aromatic heterocycles. The van der Waals surface area contributed by atoms with Crippen LogP contribution in [-0.4, -0.2) is 31.9 Å². The van der Waals surface area contributed by atoms with Gasteiger partial charge in [-0.3, -0.25) is 4.98 Å². The maximum Gasteiger partial charge on any atom is 0.120 e. The van der Waals surface area contributed by atoms with E-state index in [9.17, 15) is 5.11 Å². The number of aliphatic hydroxyl groups excluding tert-OH is 3. The van der Waals surface area contributed by atoms with Gasteiger partial charge < -0.3 is 15.3 Å². The van der Waals surface area contributed by atoms with Gasteiger partial charge in [0.15, 0.2) is 0 Å². The van der Waals surface area contributed by atoms with Crippen LogP contribution in [-0.2, 0) is 6.61 Å². The molecule has 0 aromatic carbocycles. The zero-order valence-electron chi connectivity index (χ0n) is 7.30. The van der Waals surface area contributed by atoms with E-state index in [4.69, 9.17) is 10.2 Å². The average molecular weight is 184 g/mol. The fraction of sp³-hybridized carbons (Fsp3) is 0.500. The molecular weight excluding hydrogens is 172 g/mol. The molecule has 1 aromatic rings. The lowest BCUT2D eigenvalue weighted by molar-refractivity contribution is 0.0914. The van der Waals surface area contributed by atoms with Crippen molar-refractivity contribution in [1.82, 2.24) is 9.97 Å². The number of hydrogen-bond acceptors (Lipinski definition) is 5. The molecule has 1 heterocycles. The van der Waals surface area contributed by atoms with Crippen molar-refractivity contribution in [1.29, 1.82) is 0 Å². The Morgan fingerprint density at radius 1 is 1.46 bits per heavy atom. The second kappa shape index (κ2) is 4.27. The van der Waals surface area contributed by atoms with E-state index in [-0.39, 0.29) is 12.3 Å². The molecule has 1 atom stereocenters. The van der Waals surface area contributed by atoms with Crippen molar-refractivity contribution in [2.45, 2.75) is 19.6 Å². The molecule has 0 saturated heterocycles. The summed E-state index contributed by atoms with van der Waals surface area (Å²) in [5, 5.41) is 26.7. The number of aliphatic hydroxyl groups is 3. The van der Waals surface area contributed by atoms with E-state index >= 15 is 0 Å². The molecule has 0 aliphatic rings. The molecule has 0 aliphatic heterocycles. The first-order valence-corrected chi connectivity index (χ1v) is 3.91. The maximum absolute atomic E-state index is 9.21. The lowest BCUT2D eigenvalue weighted by atomic mass is 10.2. The molecule has 5 heteroatoms. The van der Waals surface area contributed by atoms with Crippen LogP contribution < -0.4 is 0 Å². The van der Waals surface area contributed by atoms with Gasteiger partial charge in [0, 0.05) is 0 Å². The summed E-state index contributed by atoms with van der Waals surface area (Å²) in [6, 6.07) is 0. The molecule has 1 rings (SSSR count). The summed E-state index contributed by atoms with van der Waals surface area (Å²) in [5.74, 6) is 0. The van der Waals surface area contributed by atoms with Crippen molar-refractivity contribution in [3.8, 4) is 0 Å². The highest BCUT2D eigenvalue weighted by atomic mass is 16.3. The third kappa shape index (κ3) is 2.21. The van der Waals surface area contributed by atoms with Crippen molar-refractivity contribution >= 4 is 0 Å². The first kappa shape index (κ1) is 10.0. The summed E-state index contributed by atoms with van der Waals surface area (Å²) in [6.45, 7) is 1.10. The average Bonchev–Trinajstić information content (AvgIpc) is 2.17. The Labute approximate surface area is 75.7 Å². The van der Waals surface area contributed by atoms with Gasteiger partial charge in [-0.2, -0.15) is 0 Å². The summed E-state index contributed by atoms with van der Waals surface area (Å²) in [7, 11) is 0. The van der Waals surface area contributed by atoms with Crippen molar-refractivity contribution in [2.24, 2.45) is 0 Å². The molecule has 0 aliphatic carbocycles. The third-order valence-electron chi connectivity index (χ3n) is 1.74. The Balaban J connectivity index is 2.99. The van der Waals surface area contributed by atoms with Gasteiger partial charge in [0.05, 0.1) is 36.5 Å². The molecule has 0 bridgehead atoms. The van der Waals surface area contributed by atoms with Crippen molar-refractivity contribution < 1.29 is 15.3 Å². The van der Waals surface area contributed by atoms with Gasteiger partial charge in [0.25, 0.3) is 0 Å². The van der Waals surface area contributed by atoms with Crippen LogP contribution in [0.25, 0.3) is 0 Å². The molecule has 1 unspecified atom stereocenters. The van der Waals surface area contributed by atoms with Crippen LogP contribution in [0.2, 0.25) is 0 Å². The second-order valence-electron chi connectivity index (χ2n) is 2.68. The van der Waals surface area contributed by atoms with Crippen LogP contribution in [0.5, 0.6) is 0 Å². The van der Waals surface area contributed by atoms with Gasteiger partial charge in [0.2, 0.25) is 0 Å². The summed E-state index contributed by atoms with van der Waals surface area (Å²) < 4.78 is 0. The van der Waals surface area contributed by atoms with Crippen molar-refractivity contribution in [2.75, 3.05) is 6.61 Å². The zero-order valence-corrected chi connectivity index (χ0v) is 7.30. The van der Waals surface area contributed by atoms with Crippen LogP contribution in [0.4, 0.5) is 0 Å². The molecule has 0 amide bonds. The van der Waals surface area contributed by atoms with Crippen LogP contribution in [0.15, 0.2) is 6.20 Å². The normalized spacial score (nSPS) is 12.9. The first-order chi connectivity index (χ1) is 6.19. The van der Waals surface area contributed by atoms with E-state index in [0.717, 1.165) is 0 Å². The Hall–Kier alpha value is -1.04. The standard InChI is InChI=1S/C8H12N2O3/c1-5-7(3-11)10-6(2-9-5)8(13)4-12/h2,8,11-13H,3-4H2,1H3. The highest BCUT2D eigenvalue weighted by molar-refractivity contribution is 5.13. The predicted octanol–water partition coefficient (Wildman–Crippen LogP) is -0.697. The largest absolute Gasteiger partial charge is 0.393 e. The highest BCUT2D eigenvalue weighted by Gasteiger charge is 2.10. The van der Waals surface area contributed by atoms with E-state index in [1.807, 2.05) is 0 Å². The Kier molecular flexibility index (Phi) is 3.30. The van der Waals surface area contributed by atoms with E-state index in [2.05, 4.69) is 9.97 Å². The monoisotopic (exact) mass is 184 g/mol. The van der Waals surface area contributed by atoms with Gasteiger partial charge >= 0.3 is 0 Å². The number of rotatable bonds is 3. The molecule has 0 saturated carbocycles. The minimum absolute atomic E-state index is 0.217. The molecular formula is C8H12N2O3. The van der Waals surface area contributed by atoms with E-state index < -0.39 is 12.7 Å². The van der Waals surface area contributed by atoms with Gasteiger partial charge in [-0.15, -0.1) is 0 Å². The van der Waals surface area contributed by atoms with Crippen molar-refractivity contribution in [3.05, 3.63) is 23.3 Å². The number of aromatic nitrogens is 2. The molecule has 0 radical (unpaired) electrons. The minimum Gasteiger partial charge on any atom is -0.393 e. The number of hydrogen-bond donors (Lipinski definition) is 3. The van der Waals surface area contributed by atoms with Gasteiger partial charge in [-0.05, 0) is 6.92 Å². The van der Waals surface area contributed by atoms with Gasteiger partial charge in [0.1, 0.15) is 6.10 Å². The number of aryl methyl sites for hydroxylation is 1. The van der Waals surface area contributed by atoms with E-state index in [1.165, 1.54) is 6.20 Å². The lowest BCUT2D eigenvalue weighted by Gasteiger charge is -2.08. The van der Waals surface area contributed by atoms with Crippen LogP contribution in [0, 0.1) is 6.92 Å². The Morgan fingerprint density at radius 2 is 2.15 bits per heavy atom. The molecule has 0 fully saturated rings. The predicted molar refractivity (Wildman–Crippen MR) is 44.7 cm³/mol. The van der Waals surface area contributed by atoms with Crippen LogP contribution in [0.1, 0.15) is 23.2 Å². The summed E-state index contributed by atoms with van der Waals surface area (Å²) >= 11 is 0. The Morgan fingerprint density at radius 3 is 2.69 bits per heavy atom. The molecule has 3 N–H and O–H groups in total. The molecule has 5 nitrogen and oxygen atoms in total. The molecule has 0 spiro atoms. The first-order valence-electron chi connectivity index (χ1n) is 3.91. The van der Waals surface area contributed by atoms with Crippen LogP contribution in [0.3, 0.4) is 0 Å². The number of nitrogens with zero attached hydrogens (tertiary/aromatic N) is 2. The fourth-order valence-corrected chi connectivity index (χ4v) is 0.907. The van der Waals surface area contributed by atoms with E-state index in [1.54, 1.807) is 6.92 Å². The minimum atomic E-state index is -1.03. The van der Waals surface area contributed by atoms with Crippen LogP contribution >= 0.6 is 0 Å². The topological polar surface area (TPSA) is 86.5 Å². The lowest BCUT2D eigenvalue weighted by Crippen LogP contribution is -2.09. The smallest absolute Gasteiger partial charge is 0.120 e. The third-order valence-corrected chi connectivity index (χ3v) is 1.74. The summed E-state index contributed by atoms with van der Waals surface area (Å²) in [4.78, 5) is 7.86. The zero-order chi connectivity index (χ0) is 9.84. The fourth-order valence-electron chi connectivity index (χ4n) is 0.907. The quantitative estimate of drug-likeness (QED) is 0.578. The Bertz CT molecular complexity index is 291. The van der Waals surface area contributed by atoms with Crippen molar-refractivity contribution in [3.63, 3.8) is 0 Å². The molecule has 13 heavy (non-hydrogen) atoms. The summed E-state index contributed by atoms with van der Waals surface area (Å²) in [6.07, 6.45) is 0.355. The maximum atomic E-state index is 9.21. The van der Waals surface area contributed by atoms with Gasteiger partial charge in [-0.1, -0.05) is 0 Å². The van der Waals surface area contributed by atoms with E-state index in [0.29, 0.717) is 11.4 Å². The summed E-state index contributed by atoms with van der Waals surface area (Å²) in [5.41, 5.74) is 1.32. The second-order valence-corrected chi connectivity index (χ2v) is 2.68.